The standard InChI is InChI=1S/C16H13Br3O2/c17-12-5-2-1-4-10(12)16(19)11-8-14-15(9-13(11)18)21-7-3-6-20-14/h1-2,4-5,8-9,16H,3,6-7H2. The average molecular weight is 477 g/mol. The third kappa shape index (κ3) is 3.30. The molecule has 0 aliphatic carbocycles. The summed E-state index contributed by atoms with van der Waals surface area (Å²) in [4.78, 5) is 0.0691. The molecule has 0 aromatic heterocycles. The van der Waals surface area contributed by atoms with E-state index in [2.05, 4.69) is 53.9 Å². The van der Waals surface area contributed by atoms with E-state index in [1.165, 1.54) is 5.56 Å². The van der Waals surface area contributed by atoms with Gasteiger partial charge in [0.05, 0.1) is 18.0 Å². The number of hydrogen-bond donors (Lipinski definition) is 0. The van der Waals surface area contributed by atoms with Gasteiger partial charge in [0.15, 0.2) is 11.5 Å². The minimum absolute atomic E-state index is 0.0691. The van der Waals surface area contributed by atoms with Gasteiger partial charge >= 0.3 is 0 Å². The van der Waals surface area contributed by atoms with E-state index >= 15 is 0 Å². The van der Waals surface area contributed by atoms with Crippen LogP contribution in [-0.4, -0.2) is 13.2 Å². The van der Waals surface area contributed by atoms with E-state index in [0.29, 0.717) is 13.2 Å². The van der Waals surface area contributed by atoms with Crippen molar-refractivity contribution >= 4 is 47.8 Å². The van der Waals surface area contributed by atoms with E-state index in [4.69, 9.17) is 9.47 Å². The molecular formula is C16H13Br3O2. The number of ether oxygens (including phenoxy) is 2. The van der Waals surface area contributed by atoms with Crippen molar-refractivity contribution in [3.8, 4) is 11.5 Å². The Hall–Kier alpha value is -0.520. The molecule has 3 rings (SSSR count). The molecule has 5 heteroatoms. The van der Waals surface area contributed by atoms with Gasteiger partial charge in [0.1, 0.15) is 0 Å². The third-order valence-electron chi connectivity index (χ3n) is 3.32. The van der Waals surface area contributed by atoms with Crippen LogP contribution in [-0.2, 0) is 0 Å². The van der Waals surface area contributed by atoms with Crippen molar-refractivity contribution in [3.63, 3.8) is 0 Å². The number of fused-ring (bicyclic) bond motifs is 1. The molecule has 0 saturated heterocycles. The zero-order chi connectivity index (χ0) is 14.8. The van der Waals surface area contributed by atoms with Crippen molar-refractivity contribution in [1.29, 1.82) is 0 Å². The maximum absolute atomic E-state index is 5.78. The number of halogens is 3. The highest BCUT2D eigenvalue weighted by atomic mass is 79.9. The summed E-state index contributed by atoms with van der Waals surface area (Å²) < 4.78 is 13.6. The fourth-order valence-electron chi connectivity index (χ4n) is 2.24. The molecular weight excluding hydrogens is 464 g/mol. The van der Waals surface area contributed by atoms with Crippen LogP contribution in [0.1, 0.15) is 22.4 Å². The van der Waals surface area contributed by atoms with Gasteiger partial charge in [-0.15, -0.1) is 0 Å². The molecule has 1 atom stereocenters. The molecule has 0 N–H and O–H groups in total. The Morgan fingerprint density at radius 1 is 0.857 bits per heavy atom. The zero-order valence-electron chi connectivity index (χ0n) is 11.1. The van der Waals surface area contributed by atoms with Crippen molar-refractivity contribution < 1.29 is 9.47 Å². The smallest absolute Gasteiger partial charge is 0.162 e. The van der Waals surface area contributed by atoms with Gasteiger partial charge in [0.2, 0.25) is 0 Å². The minimum atomic E-state index is 0.0691. The van der Waals surface area contributed by atoms with Gasteiger partial charge in [-0.25, -0.2) is 0 Å². The summed E-state index contributed by atoms with van der Waals surface area (Å²) >= 11 is 11.0. The second kappa shape index (κ2) is 6.71. The lowest BCUT2D eigenvalue weighted by molar-refractivity contribution is 0.297. The number of benzene rings is 2. The maximum atomic E-state index is 5.78. The van der Waals surface area contributed by atoms with Gasteiger partial charge < -0.3 is 9.47 Å². The van der Waals surface area contributed by atoms with Gasteiger partial charge in [-0.2, -0.15) is 0 Å². The second-order valence-electron chi connectivity index (χ2n) is 4.76. The fourth-order valence-corrected chi connectivity index (χ4v) is 4.70. The number of rotatable bonds is 2. The van der Waals surface area contributed by atoms with Crippen molar-refractivity contribution in [2.75, 3.05) is 13.2 Å². The summed E-state index contributed by atoms with van der Waals surface area (Å²) in [5, 5.41) is 0. The highest BCUT2D eigenvalue weighted by molar-refractivity contribution is 9.11. The SMILES string of the molecule is Brc1ccccc1C(Br)c1cc2c(cc1Br)OCCCO2. The van der Waals surface area contributed by atoms with Crippen LogP contribution >= 0.6 is 47.8 Å². The van der Waals surface area contributed by atoms with Crippen molar-refractivity contribution in [1.82, 2.24) is 0 Å². The van der Waals surface area contributed by atoms with Crippen molar-refractivity contribution in [3.05, 3.63) is 56.5 Å². The van der Waals surface area contributed by atoms with Crippen LogP contribution in [0.15, 0.2) is 45.3 Å². The first-order chi connectivity index (χ1) is 10.2. The molecule has 1 unspecified atom stereocenters. The predicted octanol–water partition coefficient (Wildman–Crippen LogP) is 5.86. The summed E-state index contributed by atoms with van der Waals surface area (Å²) in [5.74, 6) is 1.61. The fraction of sp³-hybridized carbons (Fsp3) is 0.250. The molecule has 0 saturated carbocycles. The van der Waals surface area contributed by atoms with Crippen LogP contribution in [0.25, 0.3) is 0 Å². The lowest BCUT2D eigenvalue weighted by Crippen LogP contribution is -1.98. The second-order valence-corrected chi connectivity index (χ2v) is 7.38. The van der Waals surface area contributed by atoms with E-state index in [1.807, 2.05) is 30.3 Å². The van der Waals surface area contributed by atoms with Crippen LogP contribution in [0, 0.1) is 0 Å². The molecule has 21 heavy (non-hydrogen) atoms. The molecule has 0 fully saturated rings. The first-order valence-electron chi connectivity index (χ1n) is 6.64. The monoisotopic (exact) mass is 474 g/mol. The van der Waals surface area contributed by atoms with Crippen LogP contribution in [0.2, 0.25) is 0 Å². The molecule has 0 amide bonds. The van der Waals surface area contributed by atoms with Crippen LogP contribution in [0.4, 0.5) is 0 Å². The Morgan fingerprint density at radius 3 is 2.24 bits per heavy atom. The first-order valence-corrected chi connectivity index (χ1v) is 9.14. The lowest BCUT2D eigenvalue weighted by atomic mass is 10.0. The zero-order valence-corrected chi connectivity index (χ0v) is 15.9. The van der Waals surface area contributed by atoms with E-state index in [9.17, 15) is 0 Å². The highest BCUT2D eigenvalue weighted by Gasteiger charge is 2.20. The van der Waals surface area contributed by atoms with Gasteiger partial charge in [0.25, 0.3) is 0 Å². The summed E-state index contributed by atoms with van der Waals surface area (Å²) in [6.07, 6.45) is 0.906. The molecule has 2 aromatic rings. The number of alkyl halides is 1. The molecule has 110 valence electrons. The topological polar surface area (TPSA) is 18.5 Å². The molecule has 1 aliphatic rings. The molecule has 0 spiro atoms. The van der Waals surface area contributed by atoms with E-state index in [1.54, 1.807) is 0 Å². The summed E-state index contributed by atoms with van der Waals surface area (Å²) in [7, 11) is 0. The highest BCUT2D eigenvalue weighted by Crippen LogP contribution is 2.43. The van der Waals surface area contributed by atoms with E-state index in [-0.39, 0.29) is 4.83 Å². The summed E-state index contributed by atoms with van der Waals surface area (Å²) in [6.45, 7) is 1.39. The normalized spacial score (nSPS) is 15.4. The van der Waals surface area contributed by atoms with Crippen LogP contribution < -0.4 is 9.47 Å². The van der Waals surface area contributed by atoms with E-state index in [0.717, 1.165) is 32.4 Å². The van der Waals surface area contributed by atoms with Gasteiger partial charge in [-0.05, 0) is 29.3 Å². The Bertz CT molecular complexity index is 658. The van der Waals surface area contributed by atoms with E-state index < -0.39 is 0 Å². The Balaban J connectivity index is 2.02. The van der Waals surface area contributed by atoms with Gasteiger partial charge in [0, 0.05) is 15.4 Å². The van der Waals surface area contributed by atoms with Crippen LogP contribution in [0.5, 0.6) is 11.5 Å². The summed E-state index contributed by atoms with van der Waals surface area (Å²) in [6, 6.07) is 12.2. The predicted molar refractivity (Wildman–Crippen MR) is 94.7 cm³/mol. The molecule has 2 nitrogen and oxygen atoms in total. The Morgan fingerprint density at radius 2 is 1.52 bits per heavy atom. The number of hydrogen-bond acceptors (Lipinski definition) is 2. The van der Waals surface area contributed by atoms with Gasteiger partial charge in [-0.1, -0.05) is 66.0 Å². The van der Waals surface area contributed by atoms with Crippen molar-refractivity contribution in [2.24, 2.45) is 0 Å². The quantitative estimate of drug-likeness (QED) is 0.506. The molecule has 1 heterocycles. The first kappa shape index (κ1) is 15.4. The Kier molecular flexibility index (Phi) is 4.92. The molecule has 1 aliphatic heterocycles. The van der Waals surface area contributed by atoms with Crippen molar-refractivity contribution in [2.45, 2.75) is 11.2 Å². The largest absolute Gasteiger partial charge is 0.490 e. The van der Waals surface area contributed by atoms with Crippen LogP contribution in [0.3, 0.4) is 0 Å². The Labute approximate surface area is 149 Å². The third-order valence-corrected chi connectivity index (χ3v) is 5.71. The molecule has 2 aromatic carbocycles. The average Bonchev–Trinajstić information content (AvgIpc) is 2.71. The maximum Gasteiger partial charge on any atom is 0.162 e. The lowest BCUT2D eigenvalue weighted by Gasteiger charge is -2.17. The summed E-state index contributed by atoms with van der Waals surface area (Å²) in [5.41, 5.74) is 2.29. The minimum Gasteiger partial charge on any atom is -0.490 e. The van der Waals surface area contributed by atoms with Gasteiger partial charge in [-0.3, -0.25) is 0 Å². The molecule has 0 bridgehead atoms. The molecule has 0 radical (unpaired) electrons.